The van der Waals surface area contributed by atoms with Crippen molar-refractivity contribution in [1.29, 1.82) is 0 Å². The van der Waals surface area contributed by atoms with E-state index >= 15 is 0 Å². The Morgan fingerprint density at radius 2 is 1.76 bits per heavy atom. The lowest BCUT2D eigenvalue weighted by molar-refractivity contribution is -0.384. The molecule has 18 nitrogen and oxygen atoms in total. The van der Waals surface area contributed by atoms with E-state index in [-0.39, 0.29) is 53.1 Å². The highest BCUT2D eigenvalue weighted by Gasteiger charge is 2.51. The van der Waals surface area contributed by atoms with Crippen molar-refractivity contribution in [3.63, 3.8) is 0 Å². The molecule has 3 atom stereocenters. The van der Waals surface area contributed by atoms with Crippen LogP contribution in [0.5, 0.6) is 11.6 Å². The molecule has 3 aromatic carbocycles. The summed E-state index contributed by atoms with van der Waals surface area (Å²) in [6.45, 7) is 6.36. The van der Waals surface area contributed by atoms with Crippen LogP contribution in [-0.4, -0.2) is 134 Å². The third-order valence-electron chi connectivity index (χ3n) is 16.7. The number of sulfonamides is 1. The van der Waals surface area contributed by atoms with Crippen molar-refractivity contribution >= 4 is 55.4 Å². The SMILES string of the molecule is CN1CCN(C2CC3(CCN(c4ccc(C(=O)NS(=O)(=O)c5ccc(NCC6CCC(C)(O)CC6)c([N+](=O)[O-])c5)c(N5c6cc7cc[nH]c7nc6O[C@H]6COCC[C@@H]65)c4)CC3)C2)[C@@H](c2ccccc2OC(F)(F)F)C1. The number of ether oxygens (including phenoxy) is 3. The summed E-state index contributed by atoms with van der Waals surface area (Å²) < 4.78 is 88.1. The fraction of sp³-hybridized carbons (Fsp3) is 0.509. The van der Waals surface area contributed by atoms with Crippen LogP contribution in [-0.2, 0) is 14.8 Å². The number of aromatic nitrogens is 2. The van der Waals surface area contributed by atoms with Crippen molar-refractivity contribution in [2.24, 2.45) is 11.3 Å². The van der Waals surface area contributed by atoms with E-state index in [1.165, 1.54) is 18.2 Å². The van der Waals surface area contributed by atoms with E-state index in [1.807, 2.05) is 36.2 Å². The topological polar surface area (TPSA) is 208 Å². The Labute approximate surface area is 432 Å². The molecule has 75 heavy (non-hydrogen) atoms. The Morgan fingerprint density at radius 1 is 0.987 bits per heavy atom. The molecule has 0 radical (unpaired) electrons. The summed E-state index contributed by atoms with van der Waals surface area (Å²) in [6.07, 6.45) is 3.25. The summed E-state index contributed by atoms with van der Waals surface area (Å²) in [7, 11) is -2.69. The number of anilines is 4. The smallest absolute Gasteiger partial charge is 0.468 e. The lowest BCUT2D eigenvalue weighted by Crippen LogP contribution is -2.59. The number of piperazine rings is 1. The number of hydrogen-bond donors (Lipinski definition) is 4. The Bertz CT molecular complexity index is 3080. The lowest BCUT2D eigenvalue weighted by Gasteiger charge is -2.58. The Balaban J connectivity index is 0.858. The number of benzene rings is 3. The first kappa shape index (κ1) is 50.9. The van der Waals surface area contributed by atoms with E-state index in [2.05, 4.69) is 34.5 Å². The van der Waals surface area contributed by atoms with Crippen LogP contribution in [0.25, 0.3) is 11.0 Å². The summed E-state index contributed by atoms with van der Waals surface area (Å²) in [5, 5.41) is 26.7. The van der Waals surface area contributed by atoms with E-state index in [4.69, 9.17) is 14.5 Å². The molecule has 4 N–H and O–H groups in total. The monoisotopic (exact) mass is 1060 g/mol. The van der Waals surface area contributed by atoms with Gasteiger partial charge in [0.25, 0.3) is 21.6 Å². The second-order valence-electron chi connectivity index (χ2n) is 21.7. The molecule has 2 aliphatic carbocycles. The fourth-order valence-corrected chi connectivity index (χ4v) is 13.5. The molecule has 400 valence electrons. The number of halogens is 3. The predicted octanol–water partition coefficient (Wildman–Crippen LogP) is 8.27. The molecule has 0 unspecified atom stereocenters. The number of aromatic amines is 1. The second-order valence-corrected chi connectivity index (χ2v) is 23.4. The minimum Gasteiger partial charge on any atom is -0.468 e. The zero-order valence-electron chi connectivity index (χ0n) is 41.9. The molecule has 3 saturated heterocycles. The molecule has 1 spiro atoms. The standard InChI is InChI=1S/C53H62F3N9O9S/c1-51(67)15-11-33(12-16-51)30-58-40-10-8-37(27-43(40)65(68)69)75(70,71)60-49(66)39-9-7-35(26-42(39)64-41-14-24-72-32-47(41)73-50-44(64)25-34-13-19-57-48(34)59-50)62-20-17-52(18-21-62)28-36(29-52)63-23-22-61(2)31-45(63)38-5-3-4-6-46(38)74-53(54,55)56/h3-10,13,19,25-27,33,36,41,45,47,58,67H,11-12,14-18,20-24,28-32H2,1-2H3,(H,57,59)(H,60,66)/t33?,41-,45+,47-,51?/m0/s1. The molecule has 1 amide bonds. The zero-order valence-corrected chi connectivity index (χ0v) is 42.7. The van der Waals surface area contributed by atoms with Gasteiger partial charge in [-0.15, -0.1) is 13.2 Å². The summed E-state index contributed by atoms with van der Waals surface area (Å²) in [4.78, 5) is 42.7. The number of hydrogen-bond acceptors (Lipinski definition) is 15. The van der Waals surface area contributed by atoms with Crippen LogP contribution in [0, 0.1) is 21.4 Å². The zero-order chi connectivity index (χ0) is 52.4. The van der Waals surface area contributed by atoms with Gasteiger partial charge in [-0.05, 0) is 132 Å². The number of para-hydroxylation sites is 1. The summed E-state index contributed by atoms with van der Waals surface area (Å²) in [6, 6.07) is 18.7. The van der Waals surface area contributed by atoms with Gasteiger partial charge >= 0.3 is 6.36 Å². The van der Waals surface area contributed by atoms with Gasteiger partial charge in [0, 0.05) is 80.8 Å². The molecular weight excluding hydrogens is 996 g/mol. The van der Waals surface area contributed by atoms with Crippen molar-refractivity contribution in [3.05, 3.63) is 100 Å². The molecule has 5 fully saturated rings. The van der Waals surface area contributed by atoms with E-state index in [0.717, 1.165) is 68.8 Å². The van der Waals surface area contributed by atoms with E-state index in [9.17, 15) is 41.6 Å². The molecule has 11 rings (SSSR count). The van der Waals surface area contributed by atoms with Gasteiger partial charge in [-0.3, -0.25) is 19.8 Å². The van der Waals surface area contributed by atoms with Crippen LogP contribution in [0.15, 0.2) is 83.9 Å². The van der Waals surface area contributed by atoms with Crippen LogP contribution in [0.3, 0.4) is 0 Å². The van der Waals surface area contributed by atoms with Crippen molar-refractivity contribution in [3.8, 4) is 11.6 Å². The first-order valence-electron chi connectivity index (χ1n) is 25.8. The third-order valence-corrected chi connectivity index (χ3v) is 18.0. The van der Waals surface area contributed by atoms with Crippen LogP contribution in [0.1, 0.15) is 86.7 Å². The molecule has 5 aromatic rings. The van der Waals surface area contributed by atoms with Crippen LogP contribution in [0.2, 0.25) is 0 Å². The number of nitro groups is 1. The number of fused-ring (bicyclic) bond motifs is 3. The van der Waals surface area contributed by atoms with Gasteiger partial charge in [0.2, 0.25) is 5.88 Å². The summed E-state index contributed by atoms with van der Waals surface area (Å²) >= 11 is 0. The van der Waals surface area contributed by atoms with Gasteiger partial charge in [-0.25, -0.2) is 13.1 Å². The highest BCUT2D eigenvalue weighted by Crippen LogP contribution is 2.54. The predicted molar refractivity (Wildman–Crippen MR) is 274 cm³/mol. The van der Waals surface area contributed by atoms with Crippen molar-refractivity contribution in [1.82, 2.24) is 24.5 Å². The molecule has 4 aliphatic heterocycles. The minimum atomic E-state index is -4.81. The van der Waals surface area contributed by atoms with Crippen LogP contribution >= 0.6 is 0 Å². The number of amides is 1. The number of carbonyl (C=O) groups excluding carboxylic acids is 1. The molecule has 2 aromatic heterocycles. The number of nitrogens with one attached hydrogen (secondary N) is 3. The van der Waals surface area contributed by atoms with Crippen LogP contribution < -0.4 is 29.3 Å². The number of H-pyrrole nitrogens is 1. The number of likely N-dealkylation sites (N-methyl/N-ethyl adjacent to an activating group) is 1. The van der Waals surface area contributed by atoms with Gasteiger partial charge in [0.15, 0.2) is 0 Å². The summed E-state index contributed by atoms with van der Waals surface area (Å²) in [5.41, 5.74) is 2.00. The second kappa shape index (κ2) is 19.7. The van der Waals surface area contributed by atoms with E-state index < -0.39 is 49.5 Å². The quantitative estimate of drug-likeness (QED) is 0.0685. The number of alkyl halides is 3. The first-order chi connectivity index (χ1) is 35.8. The van der Waals surface area contributed by atoms with Gasteiger partial charge in [0.1, 0.15) is 28.9 Å². The van der Waals surface area contributed by atoms with Crippen LogP contribution in [0.4, 0.5) is 41.6 Å². The highest BCUT2D eigenvalue weighted by atomic mass is 32.2. The number of rotatable bonds is 12. The normalized spacial score (nSPS) is 25.5. The van der Waals surface area contributed by atoms with Gasteiger partial charge in [-0.1, -0.05) is 18.2 Å². The molecular formula is C53H62F3N9O9S. The van der Waals surface area contributed by atoms with Crippen molar-refractivity contribution < 1.29 is 50.6 Å². The Morgan fingerprint density at radius 3 is 2.52 bits per heavy atom. The average Bonchev–Trinajstić information content (AvgIpc) is 3.83. The maximum Gasteiger partial charge on any atom is 0.573 e. The average molecular weight is 1060 g/mol. The Kier molecular flexibility index (Phi) is 13.4. The number of aliphatic hydroxyl groups is 1. The maximum atomic E-state index is 14.7. The molecule has 2 saturated carbocycles. The first-order valence-corrected chi connectivity index (χ1v) is 27.3. The van der Waals surface area contributed by atoms with Gasteiger partial charge in [-0.2, -0.15) is 4.98 Å². The maximum absolute atomic E-state index is 14.7. The fourth-order valence-electron chi connectivity index (χ4n) is 12.5. The van der Waals surface area contributed by atoms with Gasteiger partial charge in [0.05, 0.1) is 45.4 Å². The number of piperidine rings is 1. The summed E-state index contributed by atoms with van der Waals surface area (Å²) in [5.74, 6) is -0.620. The Hall–Kier alpha value is -6.20. The number of nitro benzene ring substituents is 1. The largest absolute Gasteiger partial charge is 0.573 e. The van der Waals surface area contributed by atoms with Crippen molar-refractivity contribution in [2.75, 3.05) is 74.6 Å². The number of pyridine rings is 1. The molecule has 6 aliphatic rings. The number of carbonyl (C=O) groups is 1. The van der Waals surface area contributed by atoms with Gasteiger partial charge < -0.3 is 44.3 Å². The highest BCUT2D eigenvalue weighted by molar-refractivity contribution is 7.90. The molecule has 0 bridgehead atoms. The minimum absolute atomic E-state index is 0.0436. The van der Waals surface area contributed by atoms with E-state index in [1.54, 1.807) is 37.4 Å². The van der Waals surface area contributed by atoms with Crippen molar-refractivity contribution in [2.45, 2.75) is 106 Å². The van der Waals surface area contributed by atoms with E-state index in [0.29, 0.717) is 80.5 Å². The lowest BCUT2D eigenvalue weighted by atomic mass is 9.59. The molecule has 6 heterocycles. The molecule has 22 heteroatoms. The number of nitrogens with zero attached hydrogens (tertiary/aromatic N) is 6. The third kappa shape index (κ3) is 10.4.